The van der Waals surface area contributed by atoms with E-state index in [1.165, 1.54) is 16.8 Å². The van der Waals surface area contributed by atoms with Crippen LogP contribution in [0.5, 0.6) is 0 Å². The molecule has 1 N–H and O–H groups in total. The maximum atomic E-state index is 13.1. The first-order valence-corrected chi connectivity index (χ1v) is 10.4. The molecule has 1 aliphatic heterocycles. The van der Waals surface area contributed by atoms with E-state index in [4.69, 9.17) is 0 Å². The molecule has 4 amide bonds. The Morgan fingerprint density at radius 2 is 1.80 bits per heavy atom. The van der Waals surface area contributed by atoms with Crippen molar-refractivity contribution in [2.75, 3.05) is 13.6 Å². The third-order valence-corrected chi connectivity index (χ3v) is 6.00. The maximum Gasteiger partial charge on any atom is 0.242 e. The minimum atomic E-state index is -0.667. The Morgan fingerprint density at radius 1 is 1.17 bits per heavy atom. The van der Waals surface area contributed by atoms with Gasteiger partial charge in [-0.05, 0) is 32.3 Å². The fraction of sp³-hybridized carbons (Fsp3) is 0.478. The molecular weight excluding hydrogens is 382 g/mol. The SMILES string of the molecule is CNC(=O)[C@@H](C)N(Cc1cccc(C)c1)C(=O)CCN1C(=O)[C@H]2CC=CC[C@H]2C1=O. The quantitative estimate of drug-likeness (QED) is 0.548. The van der Waals surface area contributed by atoms with Gasteiger partial charge in [-0.15, -0.1) is 0 Å². The largest absolute Gasteiger partial charge is 0.357 e. The Balaban J connectivity index is 1.70. The molecule has 1 aromatic rings. The van der Waals surface area contributed by atoms with Gasteiger partial charge in [-0.1, -0.05) is 42.0 Å². The van der Waals surface area contributed by atoms with E-state index in [1.54, 1.807) is 6.92 Å². The van der Waals surface area contributed by atoms with E-state index >= 15 is 0 Å². The van der Waals surface area contributed by atoms with Crippen LogP contribution in [0.4, 0.5) is 0 Å². The highest BCUT2D eigenvalue weighted by molar-refractivity contribution is 6.05. The molecule has 1 fully saturated rings. The highest BCUT2D eigenvalue weighted by Gasteiger charge is 2.47. The number of nitrogens with zero attached hydrogens (tertiary/aromatic N) is 2. The first-order chi connectivity index (χ1) is 14.3. The van der Waals surface area contributed by atoms with E-state index in [1.807, 2.05) is 43.3 Å². The smallest absolute Gasteiger partial charge is 0.242 e. The molecule has 0 radical (unpaired) electrons. The van der Waals surface area contributed by atoms with E-state index in [0.29, 0.717) is 12.8 Å². The van der Waals surface area contributed by atoms with Crippen LogP contribution in [0.25, 0.3) is 0 Å². The van der Waals surface area contributed by atoms with Gasteiger partial charge in [0.15, 0.2) is 0 Å². The number of amides is 4. The topological polar surface area (TPSA) is 86.8 Å². The molecule has 7 nitrogen and oxygen atoms in total. The highest BCUT2D eigenvalue weighted by atomic mass is 16.2. The molecule has 0 unspecified atom stereocenters. The molecule has 1 saturated heterocycles. The van der Waals surface area contributed by atoms with Crippen LogP contribution >= 0.6 is 0 Å². The number of hydrogen-bond donors (Lipinski definition) is 1. The average Bonchev–Trinajstić information content (AvgIpc) is 2.99. The fourth-order valence-electron chi connectivity index (χ4n) is 4.24. The van der Waals surface area contributed by atoms with Gasteiger partial charge >= 0.3 is 0 Å². The summed E-state index contributed by atoms with van der Waals surface area (Å²) >= 11 is 0. The van der Waals surface area contributed by atoms with Crippen molar-refractivity contribution in [3.05, 3.63) is 47.5 Å². The molecule has 2 aliphatic rings. The number of nitrogens with one attached hydrogen (secondary N) is 1. The van der Waals surface area contributed by atoms with Gasteiger partial charge in [0.2, 0.25) is 23.6 Å². The first-order valence-electron chi connectivity index (χ1n) is 10.4. The predicted molar refractivity (Wildman–Crippen MR) is 112 cm³/mol. The number of likely N-dealkylation sites (tertiary alicyclic amines) is 1. The van der Waals surface area contributed by atoms with Gasteiger partial charge in [0.25, 0.3) is 0 Å². The van der Waals surface area contributed by atoms with Crippen molar-refractivity contribution in [3.63, 3.8) is 0 Å². The lowest BCUT2D eigenvalue weighted by atomic mass is 9.85. The van der Waals surface area contributed by atoms with Crippen LogP contribution < -0.4 is 5.32 Å². The van der Waals surface area contributed by atoms with Crippen molar-refractivity contribution < 1.29 is 19.2 Å². The molecule has 1 heterocycles. The summed E-state index contributed by atoms with van der Waals surface area (Å²) in [6.07, 6.45) is 5.03. The number of likely N-dealkylation sites (N-methyl/N-ethyl adjacent to an activating group) is 1. The Kier molecular flexibility index (Phi) is 6.70. The second-order valence-electron chi connectivity index (χ2n) is 8.03. The Morgan fingerprint density at radius 3 is 2.37 bits per heavy atom. The third kappa shape index (κ3) is 4.45. The highest BCUT2D eigenvalue weighted by Crippen LogP contribution is 2.35. The van der Waals surface area contributed by atoms with Crippen molar-refractivity contribution >= 4 is 23.6 Å². The molecule has 0 saturated carbocycles. The van der Waals surface area contributed by atoms with Crippen LogP contribution in [-0.4, -0.2) is 53.1 Å². The van der Waals surface area contributed by atoms with Crippen LogP contribution in [0.1, 0.15) is 37.3 Å². The lowest BCUT2D eigenvalue weighted by Gasteiger charge is -2.29. The summed E-state index contributed by atoms with van der Waals surface area (Å²) in [6, 6.07) is 7.10. The van der Waals surface area contributed by atoms with E-state index in [2.05, 4.69) is 5.32 Å². The number of carbonyl (C=O) groups excluding carboxylic acids is 4. The van der Waals surface area contributed by atoms with Crippen molar-refractivity contribution in [1.29, 1.82) is 0 Å². The zero-order valence-corrected chi connectivity index (χ0v) is 17.8. The van der Waals surface area contributed by atoms with E-state index < -0.39 is 6.04 Å². The molecule has 0 aromatic heterocycles. The van der Waals surface area contributed by atoms with Crippen molar-refractivity contribution in [1.82, 2.24) is 15.1 Å². The normalized spacial score (nSPS) is 21.4. The molecule has 30 heavy (non-hydrogen) atoms. The van der Waals surface area contributed by atoms with Gasteiger partial charge in [0.1, 0.15) is 6.04 Å². The molecule has 1 aliphatic carbocycles. The second-order valence-corrected chi connectivity index (χ2v) is 8.03. The molecule has 0 bridgehead atoms. The number of imide groups is 1. The fourth-order valence-corrected chi connectivity index (χ4v) is 4.24. The number of rotatable bonds is 7. The molecule has 160 valence electrons. The Labute approximate surface area is 177 Å². The molecule has 7 heteroatoms. The molecule has 3 atom stereocenters. The van der Waals surface area contributed by atoms with Crippen LogP contribution in [0.3, 0.4) is 0 Å². The number of hydrogen-bond acceptors (Lipinski definition) is 4. The van der Waals surface area contributed by atoms with Gasteiger partial charge in [-0.2, -0.15) is 0 Å². The van der Waals surface area contributed by atoms with Crippen molar-refractivity contribution in [2.45, 2.75) is 45.7 Å². The Hall–Kier alpha value is -2.96. The summed E-state index contributed by atoms with van der Waals surface area (Å²) in [5.41, 5.74) is 1.99. The van der Waals surface area contributed by atoms with Crippen molar-refractivity contribution in [3.8, 4) is 0 Å². The number of benzene rings is 1. The monoisotopic (exact) mass is 411 g/mol. The lowest BCUT2D eigenvalue weighted by molar-refractivity contribution is -0.143. The number of allylic oxidation sites excluding steroid dienone is 2. The summed E-state index contributed by atoms with van der Waals surface area (Å²) in [5, 5.41) is 2.58. The predicted octanol–water partition coefficient (Wildman–Crippen LogP) is 1.80. The lowest BCUT2D eigenvalue weighted by Crippen LogP contribution is -2.47. The van der Waals surface area contributed by atoms with Crippen molar-refractivity contribution in [2.24, 2.45) is 11.8 Å². The standard InChI is InChI=1S/C23H29N3O4/c1-15-7-6-8-17(13-15)14-26(16(2)21(28)24-3)20(27)11-12-25-22(29)18-9-4-5-10-19(18)23(25)30/h4-8,13,16,18-19H,9-12,14H2,1-3H3,(H,24,28)/t16-,18-,19+/m1/s1. The van der Waals surface area contributed by atoms with Gasteiger partial charge in [-0.25, -0.2) is 0 Å². The number of fused-ring (bicyclic) bond motifs is 1. The molecular formula is C23H29N3O4. The molecule has 3 rings (SSSR count). The maximum absolute atomic E-state index is 13.1. The average molecular weight is 412 g/mol. The summed E-state index contributed by atoms with van der Waals surface area (Å²) in [6.45, 7) is 3.98. The summed E-state index contributed by atoms with van der Waals surface area (Å²) in [5.74, 6) is -1.50. The zero-order valence-electron chi connectivity index (χ0n) is 17.8. The van der Waals surface area contributed by atoms with Crippen LogP contribution in [0, 0.1) is 18.8 Å². The summed E-state index contributed by atoms with van der Waals surface area (Å²) in [7, 11) is 1.53. The minimum Gasteiger partial charge on any atom is -0.357 e. The van der Waals surface area contributed by atoms with E-state index in [9.17, 15) is 19.2 Å². The van der Waals surface area contributed by atoms with Crippen LogP contribution in [0.15, 0.2) is 36.4 Å². The zero-order chi connectivity index (χ0) is 21.8. The first kappa shape index (κ1) is 21.7. The van der Waals surface area contributed by atoms with Gasteiger partial charge in [0, 0.05) is 26.6 Å². The van der Waals surface area contributed by atoms with Gasteiger partial charge < -0.3 is 10.2 Å². The summed E-state index contributed by atoms with van der Waals surface area (Å²) in [4.78, 5) is 53.3. The van der Waals surface area contributed by atoms with Gasteiger partial charge in [-0.3, -0.25) is 24.1 Å². The molecule has 1 aromatic carbocycles. The Bertz CT molecular complexity index is 853. The molecule has 0 spiro atoms. The third-order valence-electron chi connectivity index (χ3n) is 6.00. The van der Waals surface area contributed by atoms with Gasteiger partial charge in [0.05, 0.1) is 11.8 Å². The van der Waals surface area contributed by atoms with E-state index in [-0.39, 0.29) is 55.0 Å². The minimum absolute atomic E-state index is 0.00248. The number of aryl methyl sites for hydroxylation is 1. The second kappa shape index (κ2) is 9.24. The van der Waals surface area contributed by atoms with Crippen LogP contribution in [0.2, 0.25) is 0 Å². The van der Waals surface area contributed by atoms with E-state index in [0.717, 1.165) is 11.1 Å². The summed E-state index contributed by atoms with van der Waals surface area (Å²) < 4.78 is 0. The van der Waals surface area contributed by atoms with Crippen LogP contribution in [-0.2, 0) is 25.7 Å². The number of carbonyl (C=O) groups is 4.